The third kappa shape index (κ3) is 0.743. The lowest BCUT2D eigenvalue weighted by Gasteiger charge is -2.32. The Morgan fingerprint density at radius 1 is 1.75 bits per heavy atom. The molecule has 1 saturated heterocycles. The number of alkyl halides is 1. The summed E-state index contributed by atoms with van der Waals surface area (Å²) < 4.78 is 4.87. The number of halogens is 1. The largest absolute Gasteiger partial charge is 0.378 e. The van der Waals surface area contributed by atoms with E-state index in [0.29, 0.717) is 13.2 Å². The predicted molar refractivity (Wildman–Crippen MR) is 32.7 cm³/mol. The van der Waals surface area contributed by atoms with Crippen LogP contribution in [0.4, 0.5) is 0 Å². The standard InChI is InChI=1S/C5H6BrNO/c6-1-5(2-7)3-8-4-5/h1,3-4H2. The van der Waals surface area contributed by atoms with E-state index in [1.54, 1.807) is 0 Å². The normalized spacial score (nSPS) is 23.5. The maximum absolute atomic E-state index is 8.48. The van der Waals surface area contributed by atoms with Crippen LogP contribution in [0.1, 0.15) is 0 Å². The van der Waals surface area contributed by atoms with Crippen LogP contribution in [0, 0.1) is 16.7 Å². The lowest BCUT2D eigenvalue weighted by atomic mass is 9.91. The molecule has 0 amide bonds. The van der Waals surface area contributed by atoms with Crippen molar-refractivity contribution in [3.63, 3.8) is 0 Å². The molecule has 1 fully saturated rings. The number of rotatable bonds is 1. The van der Waals surface area contributed by atoms with Crippen molar-refractivity contribution in [3.05, 3.63) is 0 Å². The zero-order valence-electron chi connectivity index (χ0n) is 4.35. The van der Waals surface area contributed by atoms with Gasteiger partial charge in [-0.2, -0.15) is 5.26 Å². The number of hydrogen-bond acceptors (Lipinski definition) is 2. The van der Waals surface area contributed by atoms with E-state index in [-0.39, 0.29) is 5.41 Å². The Labute approximate surface area is 56.6 Å². The van der Waals surface area contributed by atoms with E-state index in [1.807, 2.05) is 0 Å². The van der Waals surface area contributed by atoms with Crippen LogP contribution >= 0.6 is 15.9 Å². The molecule has 0 aromatic heterocycles. The van der Waals surface area contributed by atoms with Crippen molar-refractivity contribution in [2.24, 2.45) is 5.41 Å². The molecule has 0 unspecified atom stereocenters. The van der Waals surface area contributed by atoms with E-state index in [1.165, 1.54) is 0 Å². The molecule has 0 aliphatic carbocycles. The molecule has 0 spiro atoms. The summed E-state index contributed by atoms with van der Waals surface area (Å²) in [7, 11) is 0. The maximum Gasteiger partial charge on any atom is 0.113 e. The van der Waals surface area contributed by atoms with Crippen LogP contribution in [0.2, 0.25) is 0 Å². The molecule has 0 aromatic carbocycles. The van der Waals surface area contributed by atoms with Crippen molar-refractivity contribution < 1.29 is 4.74 Å². The molecule has 44 valence electrons. The van der Waals surface area contributed by atoms with Gasteiger partial charge in [0, 0.05) is 5.33 Å². The lowest BCUT2D eigenvalue weighted by Crippen LogP contribution is -2.42. The van der Waals surface area contributed by atoms with Gasteiger partial charge < -0.3 is 4.74 Å². The van der Waals surface area contributed by atoms with E-state index < -0.39 is 0 Å². The molecule has 0 atom stereocenters. The monoisotopic (exact) mass is 175 g/mol. The molecule has 1 rings (SSSR count). The van der Waals surface area contributed by atoms with Crippen molar-refractivity contribution >= 4 is 15.9 Å². The van der Waals surface area contributed by atoms with Gasteiger partial charge in [-0.1, -0.05) is 15.9 Å². The quantitative estimate of drug-likeness (QED) is 0.556. The fraction of sp³-hybridized carbons (Fsp3) is 0.800. The summed E-state index contributed by atoms with van der Waals surface area (Å²) in [6.07, 6.45) is 0. The minimum atomic E-state index is -0.194. The highest BCUT2D eigenvalue weighted by Crippen LogP contribution is 2.27. The molecule has 0 radical (unpaired) electrons. The van der Waals surface area contributed by atoms with Crippen LogP contribution < -0.4 is 0 Å². The summed E-state index contributed by atoms with van der Waals surface area (Å²) in [5, 5.41) is 9.21. The van der Waals surface area contributed by atoms with Crippen molar-refractivity contribution in [2.75, 3.05) is 18.5 Å². The molecule has 1 heterocycles. The summed E-state index contributed by atoms with van der Waals surface area (Å²) >= 11 is 3.24. The molecule has 3 heteroatoms. The molecule has 1 aliphatic heterocycles. The van der Waals surface area contributed by atoms with Gasteiger partial charge in [0.15, 0.2) is 0 Å². The van der Waals surface area contributed by atoms with Crippen LogP contribution in [0.5, 0.6) is 0 Å². The molecule has 1 aliphatic rings. The van der Waals surface area contributed by atoms with Crippen molar-refractivity contribution in [3.8, 4) is 6.07 Å². The number of nitrogens with zero attached hydrogens (tertiary/aromatic N) is 1. The Kier molecular flexibility index (Phi) is 1.54. The summed E-state index contributed by atoms with van der Waals surface area (Å²) in [4.78, 5) is 0. The lowest BCUT2D eigenvalue weighted by molar-refractivity contribution is -0.0623. The average Bonchev–Trinajstić information content (AvgIpc) is 1.67. The average molecular weight is 176 g/mol. The Balaban J connectivity index is 2.49. The van der Waals surface area contributed by atoms with Gasteiger partial charge in [-0.15, -0.1) is 0 Å². The zero-order valence-corrected chi connectivity index (χ0v) is 5.94. The SMILES string of the molecule is N#CC1(CBr)COC1. The van der Waals surface area contributed by atoms with Crippen LogP contribution in [0.25, 0.3) is 0 Å². The third-order valence-corrected chi connectivity index (χ3v) is 2.32. The first-order chi connectivity index (χ1) is 3.83. The molecular formula is C5H6BrNO. The van der Waals surface area contributed by atoms with Gasteiger partial charge in [0.2, 0.25) is 0 Å². The first kappa shape index (κ1) is 6.06. The summed E-state index contributed by atoms with van der Waals surface area (Å²) in [6.45, 7) is 1.18. The topological polar surface area (TPSA) is 33.0 Å². The van der Waals surface area contributed by atoms with E-state index in [2.05, 4.69) is 22.0 Å². The Morgan fingerprint density at radius 3 is 2.38 bits per heavy atom. The highest BCUT2D eigenvalue weighted by Gasteiger charge is 2.37. The summed E-state index contributed by atoms with van der Waals surface area (Å²) in [6, 6.07) is 2.19. The van der Waals surface area contributed by atoms with Gasteiger partial charge in [-0.05, 0) is 0 Å². The van der Waals surface area contributed by atoms with E-state index >= 15 is 0 Å². The second kappa shape index (κ2) is 2.04. The van der Waals surface area contributed by atoms with Gasteiger partial charge in [0.1, 0.15) is 5.41 Å². The third-order valence-electron chi connectivity index (χ3n) is 1.25. The highest BCUT2D eigenvalue weighted by atomic mass is 79.9. The number of hydrogen-bond donors (Lipinski definition) is 0. The summed E-state index contributed by atoms with van der Waals surface area (Å²) in [5.41, 5.74) is -0.194. The van der Waals surface area contributed by atoms with Crippen LogP contribution in [-0.4, -0.2) is 18.5 Å². The molecule has 0 aromatic rings. The van der Waals surface area contributed by atoms with Gasteiger partial charge in [0.05, 0.1) is 19.3 Å². The Morgan fingerprint density at radius 2 is 2.38 bits per heavy atom. The minimum absolute atomic E-state index is 0.194. The number of ether oxygens (including phenoxy) is 1. The van der Waals surface area contributed by atoms with Crippen LogP contribution in [-0.2, 0) is 4.74 Å². The molecular weight excluding hydrogens is 170 g/mol. The van der Waals surface area contributed by atoms with Gasteiger partial charge >= 0.3 is 0 Å². The van der Waals surface area contributed by atoms with Crippen LogP contribution in [0.3, 0.4) is 0 Å². The minimum Gasteiger partial charge on any atom is -0.378 e. The fourth-order valence-corrected chi connectivity index (χ4v) is 0.969. The molecule has 8 heavy (non-hydrogen) atoms. The van der Waals surface area contributed by atoms with Crippen molar-refractivity contribution in [2.45, 2.75) is 0 Å². The van der Waals surface area contributed by atoms with Crippen molar-refractivity contribution in [1.82, 2.24) is 0 Å². The molecule has 0 bridgehead atoms. The fourth-order valence-electron chi connectivity index (χ4n) is 0.520. The Bertz CT molecular complexity index is 119. The zero-order chi connectivity index (χ0) is 6.04. The summed E-state index contributed by atoms with van der Waals surface area (Å²) in [5.74, 6) is 0. The predicted octanol–water partition coefficient (Wildman–Crippen LogP) is 0.921. The Hall–Kier alpha value is -0.0700. The smallest absolute Gasteiger partial charge is 0.113 e. The van der Waals surface area contributed by atoms with Gasteiger partial charge in [-0.25, -0.2) is 0 Å². The van der Waals surface area contributed by atoms with E-state index in [9.17, 15) is 0 Å². The maximum atomic E-state index is 8.48. The van der Waals surface area contributed by atoms with E-state index in [4.69, 9.17) is 10.00 Å². The second-order valence-electron chi connectivity index (χ2n) is 2.02. The van der Waals surface area contributed by atoms with Crippen molar-refractivity contribution in [1.29, 1.82) is 5.26 Å². The number of nitriles is 1. The first-order valence-corrected chi connectivity index (χ1v) is 3.50. The highest BCUT2D eigenvalue weighted by molar-refractivity contribution is 9.09. The van der Waals surface area contributed by atoms with Gasteiger partial charge in [-0.3, -0.25) is 0 Å². The van der Waals surface area contributed by atoms with Crippen LogP contribution in [0.15, 0.2) is 0 Å². The van der Waals surface area contributed by atoms with E-state index in [0.717, 1.165) is 5.33 Å². The molecule has 2 nitrogen and oxygen atoms in total. The second-order valence-corrected chi connectivity index (χ2v) is 2.58. The molecule has 0 N–H and O–H groups in total. The molecule has 0 saturated carbocycles. The first-order valence-electron chi connectivity index (χ1n) is 2.38. The van der Waals surface area contributed by atoms with Gasteiger partial charge in [0.25, 0.3) is 0 Å².